The maximum atomic E-state index is 14.4. The van der Waals surface area contributed by atoms with Crippen LogP contribution >= 0.6 is 23.2 Å². The molecule has 2 unspecified atom stereocenters. The molecular formula is C29H36Cl2N2O3S. The molecule has 0 radical (unpaired) electrons. The first kappa shape index (κ1) is 28.2. The molecule has 2 fully saturated rings. The van der Waals surface area contributed by atoms with Gasteiger partial charge in [0.25, 0.3) is 0 Å². The Balaban J connectivity index is 1.86. The van der Waals surface area contributed by atoms with E-state index < -0.39 is 21.5 Å². The molecule has 1 saturated carbocycles. The molecule has 1 aliphatic carbocycles. The number of amides is 1. The summed E-state index contributed by atoms with van der Waals surface area (Å²) in [7, 11) is -3.43. The van der Waals surface area contributed by atoms with E-state index in [4.69, 9.17) is 23.2 Å². The van der Waals surface area contributed by atoms with Crippen LogP contribution in [0.5, 0.6) is 0 Å². The quantitative estimate of drug-likeness (QED) is 0.321. The van der Waals surface area contributed by atoms with E-state index in [1.165, 1.54) is 0 Å². The van der Waals surface area contributed by atoms with Crippen LogP contribution in [0.3, 0.4) is 0 Å². The van der Waals surface area contributed by atoms with Gasteiger partial charge in [-0.2, -0.15) is 0 Å². The van der Waals surface area contributed by atoms with E-state index in [9.17, 15) is 13.2 Å². The van der Waals surface area contributed by atoms with E-state index in [2.05, 4.69) is 17.4 Å². The first-order valence-electron chi connectivity index (χ1n) is 13.0. The van der Waals surface area contributed by atoms with Crippen molar-refractivity contribution in [1.82, 2.24) is 9.62 Å². The molecule has 0 bridgehead atoms. The number of halogens is 2. The van der Waals surface area contributed by atoms with E-state index in [-0.39, 0.29) is 29.2 Å². The third-order valence-corrected chi connectivity index (χ3v) is 10.4. The van der Waals surface area contributed by atoms with Gasteiger partial charge in [-0.15, -0.1) is 6.58 Å². The Bertz CT molecular complexity index is 1250. The summed E-state index contributed by atoms with van der Waals surface area (Å²) >= 11 is 12.7. The largest absolute Gasteiger partial charge is 0.330 e. The van der Waals surface area contributed by atoms with Gasteiger partial charge in [0, 0.05) is 28.0 Å². The maximum absolute atomic E-state index is 14.4. The zero-order chi connectivity index (χ0) is 27.0. The lowest BCUT2D eigenvalue weighted by Gasteiger charge is -2.53. The fourth-order valence-corrected chi connectivity index (χ4v) is 7.81. The monoisotopic (exact) mass is 562 g/mol. The van der Waals surface area contributed by atoms with Gasteiger partial charge in [0.05, 0.1) is 16.7 Å². The van der Waals surface area contributed by atoms with E-state index in [1.807, 2.05) is 68.1 Å². The Morgan fingerprint density at radius 2 is 1.81 bits per heavy atom. The lowest BCUT2D eigenvalue weighted by Crippen LogP contribution is -2.60. The summed E-state index contributed by atoms with van der Waals surface area (Å²) in [5, 5.41) is 0.923. The van der Waals surface area contributed by atoms with Gasteiger partial charge >= 0.3 is 0 Å². The standard InChI is InChI=1S/C29H36Cl2N2O3S/c1-5-16-29(4)18-25(21-8-7-9-23(31)17-21)27(20-10-12-22(30)13-11-20)33(28(29)34)26(6-2)19(3)32-37(35,36)24-14-15-24/h5,7-13,17,19,24-27,32H,1,6,14-16,18H2,2-4H3/t19-,25-,26?,27?,29+/m1/s1. The number of piperidine rings is 1. The molecule has 5 atom stereocenters. The van der Waals surface area contributed by atoms with E-state index in [1.54, 1.807) is 6.08 Å². The zero-order valence-electron chi connectivity index (χ0n) is 21.7. The van der Waals surface area contributed by atoms with Gasteiger partial charge in [-0.3, -0.25) is 4.79 Å². The van der Waals surface area contributed by atoms with Crippen LogP contribution in [0.25, 0.3) is 0 Å². The number of nitrogens with one attached hydrogen (secondary N) is 1. The van der Waals surface area contributed by atoms with Crippen molar-refractivity contribution in [2.24, 2.45) is 5.41 Å². The highest BCUT2D eigenvalue weighted by molar-refractivity contribution is 7.90. The molecule has 1 aliphatic heterocycles. The minimum atomic E-state index is -3.43. The maximum Gasteiger partial charge on any atom is 0.229 e. The molecule has 2 aromatic carbocycles. The molecular weight excluding hydrogens is 527 g/mol. The Labute approximate surface area is 231 Å². The van der Waals surface area contributed by atoms with Gasteiger partial charge in [-0.25, -0.2) is 13.1 Å². The first-order chi connectivity index (χ1) is 17.5. The number of nitrogens with zero attached hydrogens (tertiary/aromatic N) is 1. The average Bonchev–Trinajstić information content (AvgIpc) is 3.69. The molecule has 1 heterocycles. The second-order valence-corrected chi connectivity index (χ2v) is 13.6. The van der Waals surface area contributed by atoms with Crippen LogP contribution < -0.4 is 4.72 Å². The summed E-state index contributed by atoms with van der Waals surface area (Å²) in [6.45, 7) is 9.80. The van der Waals surface area contributed by atoms with Crippen LogP contribution in [0.4, 0.5) is 0 Å². The van der Waals surface area contributed by atoms with Gasteiger partial charge < -0.3 is 4.90 Å². The molecule has 0 spiro atoms. The summed E-state index contributed by atoms with van der Waals surface area (Å²) in [6.07, 6.45) is 4.89. The van der Waals surface area contributed by atoms with Crippen molar-refractivity contribution in [2.45, 2.75) is 82.2 Å². The Hall–Kier alpha value is -1.86. The molecule has 1 amide bonds. The number of rotatable bonds is 10. The van der Waals surface area contributed by atoms with Crippen molar-refractivity contribution in [1.29, 1.82) is 0 Å². The van der Waals surface area contributed by atoms with E-state index >= 15 is 0 Å². The third kappa shape index (κ3) is 5.93. The number of carbonyl (C=O) groups is 1. The third-order valence-electron chi connectivity index (χ3n) is 7.85. The molecule has 5 nitrogen and oxygen atoms in total. The summed E-state index contributed by atoms with van der Waals surface area (Å²) in [4.78, 5) is 16.3. The lowest BCUT2D eigenvalue weighted by atomic mass is 9.67. The Morgan fingerprint density at radius 3 is 2.38 bits per heavy atom. The van der Waals surface area contributed by atoms with Gasteiger partial charge in [-0.05, 0) is 74.4 Å². The highest BCUT2D eigenvalue weighted by Crippen LogP contribution is 2.52. The summed E-state index contributed by atoms with van der Waals surface area (Å²) < 4.78 is 28.7. The molecule has 1 saturated heterocycles. The number of hydrogen-bond acceptors (Lipinski definition) is 3. The minimum absolute atomic E-state index is 0.00921. The SMILES string of the molecule is C=CC[C@@]1(C)C[C@H](c2cccc(Cl)c2)C(c2ccc(Cl)cc2)N(C(CC)[C@@H](C)NS(=O)(=O)C2CC2)C1=O. The smallest absolute Gasteiger partial charge is 0.229 e. The number of sulfonamides is 1. The average molecular weight is 564 g/mol. The van der Waals surface area contributed by atoms with Crippen molar-refractivity contribution in [3.05, 3.63) is 82.4 Å². The van der Waals surface area contributed by atoms with Gasteiger partial charge in [-0.1, -0.05) is 67.4 Å². The molecule has 2 aromatic rings. The predicted octanol–water partition coefficient (Wildman–Crippen LogP) is 6.88. The van der Waals surface area contributed by atoms with Crippen LogP contribution in [0.15, 0.2) is 61.2 Å². The topological polar surface area (TPSA) is 66.5 Å². The van der Waals surface area contributed by atoms with Crippen molar-refractivity contribution >= 4 is 39.1 Å². The number of likely N-dealkylation sites (tertiary alicyclic amines) is 1. The van der Waals surface area contributed by atoms with Crippen molar-refractivity contribution < 1.29 is 13.2 Å². The van der Waals surface area contributed by atoms with Gasteiger partial charge in [0.1, 0.15) is 0 Å². The molecule has 8 heteroatoms. The highest BCUT2D eigenvalue weighted by atomic mass is 35.5. The zero-order valence-corrected chi connectivity index (χ0v) is 24.0. The lowest BCUT2D eigenvalue weighted by molar-refractivity contribution is -0.155. The molecule has 0 aromatic heterocycles. The second-order valence-electron chi connectivity index (χ2n) is 10.8. The normalized spacial score (nSPS) is 26.1. The van der Waals surface area contributed by atoms with Crippen molar-refractivity contribution in [3.8, 4) is 0 Å². The van der Waals surface area contributed by atoms with Crippen molar-refractivity contribution in [3.63, 3.8) is 0 Å². The van der Waals surface area contributed by atoms with E-state index in [0.717, 1.165) is 11.1 Å². The van der Waals surface area contributed by atoms with Crippen LogP contribution in [0, 0.1) is 5.41 Å². The van der Waals surface area contributed by atoms with Crippen molar-refractivity contribution in [2.75, 3.05) is 0 Å². The minimum Gasteiger partial charge on any atom is -0.330 e. The molecule has 4 rings (SSSR count). The summed E-state index contributed by atoms with van der Waals surface area (Å²) in [5.74, 6) is -0.0567. The molecule has 1 N–H and O–H groups in total. The van der Waals surface area contributed by atoms with Gasteiger partial charge in [0.15, 0.2) is 0 Å². The fraction of sp³-hybridized carbons (Fsp3) is 0.483. The Kier molecular flexibility index (Phi) is 8.44. The number of benzene rings is 2. The highest BCUT2D eigenvalue weighted by Gasteiger charge is 2.52. The van der Waals surface area contributed by atoms with Crippen LogP contribution in [0.2, 0.25) is 10.0 Å². The van der Waals surface area contributed by atoms with Crippen LogP contribution in [-0.2, 0) is 14.8 Å². The molecule has 2 aliphatic rings. The number of carbonyl (C=O) groups excluding carboxylic acids is 1. The first-order valence-corrected chi connectivity index (χ1v) is 15.3. The molecule has 37 heavy (non-hydrogen) atoms. The van der Waals surface area contributed by atoms with Crippen LogP contribution in [-0.4, -0.2) is 36.6 Å². The number of hydrogen-bond donors (Lipinski definition) is 1. The second kappa shape index (κ2) is 11.1. The summed E-state index contributed by atoms with van der Waals surface area (Å²) in [5.41, 5.74) is 1.31. The predicted molar refractivity (Wildman–Crippen MR) is 151 cm³/mol. The van der Waals surface area contributed by atoms with Crippen LogP contribution in [0.1, 0.15) is 76.0 Å². The molecule has 200 valence electrons. The Morgan fingerprint density at radius 1 is 1.14 bits per heavy atom. The number of allylic oxidation sites excluding steroid dienone is 1. The summed E-state index contributed by atoms with van der Waals surface area (Å²) in [6, 6.07) is 14.3. The van der Waals surface area contributed by atoms with E-state index in [0.29, 0.717) is 42.1 Å². The fourth-order valence-electron chi connectivity index (χ4n) is 5.86. The van der Waals surface area contributed by atoms with Gasteiger partial charge in [0.2, 0.25) is 15.9 Å².